The molecule has 0 aromatic rings. The summed E-state index contributed by atoms with van der Waals surface area (Å²) in [5.41, 5.74) is 0. The van der Waals surface area contributed by atoms with Gasteiger partial charge in [0.2, 0.25) is 0 Å². The van der Waals surface area contributed by atoms with Gasteiger partial charge in [0.1, 0.15) is 13.2 Å². The predicted molar refractivity (Wildman–Crippen MR) is 247 cm³/mol. The maximum absolute atomic E-state index is 12.7. The average Bonchev–Trinajstić information content (AvgIpc) is 3.22. The molecule has 0 aromatic carbocycles. The van der Waals surface area contributed by atoms with E-state index in [2.05, 4.69) is 81.5 Å². The van der Waals surface area contributed by atoms with Crippen LogP contribution in [0, 0.1) is 0 Å². The highest BCUT2D eigenvalue weighted by molar-refractivity contribution is 5.71. The third-order valence-corrected chi connectivity index (χ3v) is 10.3. The van der Waals surface area contributed by atoms with E-state index in [-0.39, 0.29) is 31.1 Å². The number of ether oxygens (including phenoxy) is 3. The molecular formula is C52H90O6. The van der Waals surface area contributed by atoms with Gasteiger partial charge < -0.3 is 14.2 Å². The lowest BCUT2D eigenvalue weighted by Gasteiger charge is -2.18. The van der Waals surface area contributed by atoms with Gasteiger partial charge in [0.25, 0.3) is 0 Å². The molecule has 1 unspecified atom stereocenters. The Morgan fingerprint density at radius 1 is 0.345 bits per heavy atom. The SMILES string of the molecule is CCCC/C=C\C=C/CCCCCC(=O)OC(COC(=O)CCCCCCC/C=C\C=C/CCCCCCCCC)COC(=O)CCCCCCC/C=C\CCCC. The topological polar surface area (TPSA) is 78.9 Å². The minimum absolute atomic E-state index is 0.0950. The first-order valence-corrected chi connectivity index (χ1v) is 24.3. The quantitative estimate of drug-likeness (QED) is 0.0201. The van der Waals surface area contributed by atoms with Crippen molar-refractivity contribution in [3.8, 4) is 0 Å². The van der Waals surface area contributed by atoms with E-state index in [0.717, 1.165) is 96.3 Å². The van der Waals surface area contributed by atoms with E-state index in [4.69, 9.17) is 14.2 Å². The average molecular weight is 811 g/mol. The lowest BCUT2D eigenvalue weighted by Crippen LogP contribution is -2.30. The maximum atomic E-state index is 12.7. The van der Waals surface area contributed by atoms with Crippen LogP contribution in [-0.2, 0) is 28.6 Å². The van der Waals surface area contributed by atoms with E-state index in [0.29, 0.717) is 19.3 Å². The van der Waals surface area contributed by atoms with Crippen molar-refractivity contribution in [1.29, 1.82) is 0 Å². The summed E-state index contributed by atoms with van der Waals surface area (Å²) < 4.78 is 16.7. The van der Waals surface area contributed by atoms with Gasteiger partial charge in [-0.3, -0.25) is 14.4 Å². The monoisotopic (exact) mass is 811 g/mol. The van der Waals surface area contributed by atoms with Crippen LogP contribution in [-0.4, -0.2) is 37.2 Å². The number of allylic oxidation sites excluding steroid dienone is 10. The largest absolute Gasteiger partial charge is 0.462 e. The van der Waals surface area contributed by atoms with Gasteiger partial charge >= 0.3 is 17.9 Å². The second-order valence-corrected chi connectivity index (χ2v) is 16.1. The van der Waals surface area contributed by atoms with Crippen LogP contribution in [0.25, 0.3) is 0 Å². The molecule has 0 saturated carbocycles. The van der Waals surface area contributed by atoms with Crippen LogP contribution in [0.15, 0.2) is 60.8 Å². The summed E-state index contributed by atoms with van der Waals surface area (Å²) in [6, 6.07) is 0. The molecule has 0 spiro atoms. The van der Waals surface area contributed by atoms with Crippen molar-refractivity contribution in [1.82, 2.24) is 0 Å². The van der Waals surface area contributed by atoms with Crippen LogP contribution < -0.4 is 0 Å². The number of carbonyl (C=O) groups excluding carboxylic acids is 3. The lowest BCUT2D eigenvalue weighted by molar-refractivity contribution is -0.167. The van der Waals surface area contributed by atoms with Gasteiger partial charge in [-0.15, -0.1) is 0 Å². The molecule has 0 heterocycles. The first-order chi connectivity index (χ1) is 28.5. The maximum Gasteiger partial charge on any atom is 0.306 e. The Morgan fingerprint density at radius 2 is 0.638 bits per heavy atom. The summed E-state index contributed by atoms with van der Waals surface area (Å²) >= 11 is 0. The number of rotatable bonds is 43. The van der Waals surface area contributed by atoms with Crippen molar-refractivity contribution in [2.75, 3.05) is 13.2 Å². The van der Waals surface area contributed by atoms with Crippen molar-refractivity contribution in [2.45, 2.75) is 239 Å². The molecule has 0 N–H and O–H groups in total. The van der Waals surface area contributed by atoms with Crippen LogP contribution in [0.4, 0.5) is 0 Å². The number of esters is 3. The van der Waals surface area contributed by atoms with Crippen LogP contribution in [0.5, 0.6) is 0 Å². The minimum Gasteiger partial charge on any atom is -0.462 e. The highest BCUT2D eigenvalue weighted by Gasteiger charge is 2.19. The molecule has 0 fully saturated rings. The summed E-state index contributed by atoms with van der Waals surface area (Å²) in [6.45, 7) is 6.49. The third kappa shape index (κ3) is 44.2. The second-order valence-electron chi connectivity index (χ2n) is 16.1. The van der Waals surface area contributed by atoms with Crippen molar-refractivity contribution < 1.29 is 28.6 Å². The number of carbonyl (C=O) groups is 3. The van der Waals surface area contributed by atoms with Gasteiger partial charge in [-0.25, -0.2) is 0 Å². The molecule has 0 amide bonds. The fourth-order valence-electron chi connectivity index (χ4n) is 6.51. The second kappa shape index (κ2) is 46.8. The van der Waals surface area contributed by atoms with Crippen molar-refractivity contribution >= 4 is 17.9 Å². The normalized spacial score (nSPS) is 12.5. The zero-order chi connectivity index (χ0) is 42.3. The Kier molecular flexibility index (Phi) is 44.5. The molecule has 0 aliphatic rings. The Bertz CT molecular complexity index is 1070. The van der Waals surface area contributed by atoms with Crippen LogP contribution in [0.2, 0.25) is 0 Å². The summed E-state index contributed by atoms with van der Waals surface area (Å²) in [5.74, 6) is -0.949. The minimum atomic E-state index is -0.795. The van der Waals surface area contributed by atoms with Crippen molar-refractivity contribution in [3.63, 3.8) is 0 Å². The molecule has 334 valence electrons. The Labute approximate surface area is 358 Å². The first-order valence-electron chi connectivity index (χ1n) is 24.3. The van der Waals surface area contributed by atoms with E-state index in [1.807, 2.05) is 0 Å². The van der Waals surface area contributed by atoms with E-state index >= 15 is 0 Å². The first kappa shape index (κ1) is 55.1. The van der Waals surface area contributed by atoms with E-state index in [9.17, 15) is 14.4 Å². The standard InChI is InChI=1S/C52H90O6/c1-4-7-10-13-16-19-22-23-24-25-26-27-28-31-33-36-39-42-45-51(54)57-48-49(58-52(55)46-43-40-37-34-30-21-18-15-12-9-6-3)47-56-50(53)44-41-38-35-32-29-20-17-14-11-8-5-2/h14-15,17-18,21,24-27,30,49H,4-13,16,19-20,22-23,28-29,31-48H2,1-3H3/b17-14-,18-15-,25-24-,27-26-,30-21-. The van der Waals surface area contributed by atoms with Gasteiger partial charge in [-0.2, -0.15) is 0 Å². The highest BCUT2D eigenvalue weighted by Crippen LogP contribution is 2.13. The zero-order valence-corrected chi connectivity index (χ0v) is 38.0. The van der Waals surface area contributed by atoms with Gasteiger partial charge in [0.05, 0.1) is 0 Å². The summed E-state index contributed by atoms with van der Waals surface area (Å²) in [6.07, 6.45) is 56.3. The molecule has 58 heavy (non-hydrogen) atoms. The molecule has 0 aliphatic heterocycles. The third-order valence-electron chi connectivity index (χ3n) is 10.3. The molecule has 6 heteroatoms. The Hall–Kier alpha value is -2.89. The Balaban J connectivity index is 4.39. The van der Waals surface area contributed by atoms with E-state index in [1.165, 1.54) is 96.3 Å². The molecule has 0 aromatic heterocycles. The van der Waals surface area contributed by atoms with Gasteiger partial charge in [-0.05, 0) is 83.5 Å². The lowest BCUT2D eigenvalue weighted by atomic mass is 10.1. The van der Waals surface area contributed by atoms with Crippen LogP contribution in [0.3, 0.4) is 0 Å². The molecule has 0 aliphatic carbocycles. The summed E-state index contributed by atoms with van der Waals surface area (Å²) in [5, 5.41) is 0. The molecule has 0 saturated heterocycles. The molecule has 6 nitrogen and oxygen atoms in total. The fraction of sp³-hybridized carbons (Fsp3) is 0.750. The van der Waals surface area contributed by atoms with Crippen molar-refractivity contribution in [2.24, 2.45) is 0 Å². The van der Waals surface area contributed by atoms with Crippen LogP contribution in [0.1, 0.15) is 233 Å². The predicted octanol–water partition coefficient (Wildman–Crippen LogP) is 15.7. The number of hydrogen-bond donors (Lipinski definition) is 0. The smallest absolute Gasteiger partial charge is 0.306 e. The van der Waals surface area contributed by atoms with Gasteiger partial charge in [0, 0.05) is 19.3 Å². The molecule has 0 radical (unpaired) electrons. The number of hydrogen-bond acceptors (Lipinski definition) is 6. The Morgan fingerprint density at radius 3 is 1.05 bits per heavy atom. The zero-order valence-electron chi connectivity index (χ0n) is 38.0. The summed E-state index contributed by atoms with van der Waals surface area (Å²) in [4.78, 5) is 37.8. The van der Waals surface area contributed by atoms with Gasteiger partial charge in [0.15, 0.2) is 6.10 Å². The van der Waals surface area contributed by atoms with E-state index in [1.54, 1.807) is 0 Å². The highest BCUT2D eigenvalue weighted by atomic mass is 16.6. The van der Waals surface area contributed by atoms with Crippen molar-refractivity contribution in [3.05, 3.63) is 60.8 Å². The molecular weight excluding hydrogens is 721 g/mol. The summed E-state index contributed by atoms with van der Waals surface area (Å²) in [7, 11) is 0. The molecule has 1 atom stereocenters. The molecule has 0 bridgehead atoms. The van der Waals surface area contributed by atoms with Gasteiger partial charge in [-0.1, -0.05) is 191 Å². The van der Waals surface area contributed by atoms with Crippen LogP contribution >= 0.6 is 0 Å². The fourth-order valence-corrected chi connectivity index (χ4v) is 6.51. The number of unbranched alkanes of at least 4 members (excludes halogenated alkanes) is 24. The molecule has 0 rings (SSSR count). The van der Waals surface area contributed by atoms with E-state index < -0.39 is 6.10 Å².